The molecule has 2 N–H and O–H groups in total. The number of carbonyl (C=O) groups is 1. The molecule has 80 valence electrons. The predicted molar refractivity (Wildman–Crippen MR) is 52.7 cm³/mol. The van der Waals surface area contributed by atoms with Gasteiger partial charge in [-0.2, -0.15) is 0 Å². The smallest absolute Gasteiger partial charge is 0.326 e. The van der Waals surface area contributed by atoms with E-state index in [1.807, 2.05) is 6.92 Å². The summed E-state index contributed by atoms with van der Waals surface area (Å²) in [6.07, 6.45) is 1.78. The van der Waals surface area contributed by atoms with E-state index in [1.54, 1.807) is 0 Å². The van der Waals surface area contributed by atoms with E-state index in [9.17, 15) is 4.79 Å². The number of hydrogen-bond donors (Lipinski definition) is 1. The molecule has 2 saturated heterocycles. The van der Waals surface area contributed by atoms with E-state index in [4.69, 9.17) is 10.5 Å². The fourth-order valence-electron chi connectivity index (χ4n) is 2.54. The summed E-state index contributed by atoms with van der Waals surface area (Å²) < 4.78 is 5.05. The average Bonchev–Trinajstić information content (AvgIpc) is 2.58. The number of hydrogen-bond acceptors (Lipinski definition) is 4. The number of fused-ring (bicyclic) bond motifs is 2. The molecule has 0 amide bonds. The van der Waals surface area contributed by atoms with Crippen LogP contribution in [0.15, 0.2) is 0 Å². The van der Waals surface area contributed by atoms with Crippen LogP contribution in [0.2, 0.25) is 0 Å². The number of carbonyl (C=O) groups excluding carboxylic acids is 1. The normalized spacial score (nSPS) is 41.0. The van der Waals surface area contributed by atoms with Gasteiger partial charge in [0.2, 0.25) is 0 Å². The molecule has 3 unspecified atom stereocenters. The SMILES string of the molecule is CCOC(=O)C1(N)CCN2CCC1C2. The van der Waals surface area contributed by atoms with E-state index < -0.39 is 5.54 Å². The molecule has 2 aliphatic heterocycles. The summed E-state index contributed by atoms with van der Waals surface area (Å²) in [4.78, 5) is 14.1. The maximum atomic E-state index is 11.7. The maximum absolute atomic E-state index is 11.7. The van der Waals surface area contributed by atoms with Gasteiger partial charge in [-0.15, -0.1) is 0 Å². The van der Waals surface area contributed by atoms with E-state index in [-0.39, 0.29) is 5.97 Å². The van der Waals surface area contributed by atoms with Crippen LogP contribution in [0.1, 0.15) is 19.8 Å². The molecule has 0 aliphatic carbocycles. The quantitative estimate of drug-likeness (QED) is 0.633. The van der Waals surface area contributed by atoms with Crippen LogP contribution in [0, 0.1) is 5.92 Å². The third-order valence-corrected chi connectivity index (χ3v) is 3.50. The fraction of sp³-hybridized carbons (Fsp3) is 0.900. The van der Waals surface area contributed by atoms with Crippen LogP contribution in [0.4, 0.5) is 0 Å². The second-order valence-electron chi connectivity index (χ2n) is 4.30. The second kappa shape index (κ2) is 3.51. The van der Waals surface area contributed by atoms with E-state index in [2.05, 4.69) is 4.90 Å². The summed E-state index contributed by atoms with van der Waals surface area (Å²) in [5.41, 5.74) is 5.46. The van der Waals surface area contributed by atoms with Gasteiger partial charge in [-0.25, -0.2) is 0 Å². The van der Waals surface area contributed by atoms with Crippen LogP contribution in [-0.2, 0) is 9.53 Å². The molecule has 2 heterocycles. The minimum atomic E-state index is -0.705. The van der Waals surface area contributed by atoms with Crippen LogP contribution in [0.25, 0.3) is 0 Å². The summed E-state index contributed by atoms with van der Waals surface area (Å²) in [6.45, 7) is 5.24. The first kappa shape index (κ1) is 9.93. The molecule has 2 rings (SSSR count). The highest BCUT2D eigenvalue weighted by molar-refractivity contribution is 5.81. The van der Waals surface area contributed by atoms with Crippen LogP contribution in [0.3, 0.4) is 0 Å². The van der Waals surface area contributed by atoms with E-state index >= 15 is 0 Å². The first-order valence-corrected chi connectivity index (χ1v) is 5.35. The van der Waals surface area contributed by atoms with Crippen LogP contribution < -0.4 is 5.73 Å². The lowest BCUT2D eigenvalue weighted by atomic mass is 9.80. The van der Waals surface area contributed by atoms with Gasteiger partial charge >= 0.3 is 5.97 Å². The number of nitrogens with zero attached hydrogens (tertiary/aromatic N) is 1. The lowest BCUT2D eigenvalue weighted by molar-refractivity contribution is -0.153. The van der Waals surface area contributed by atoms with Crippen molar-refractivity contribution in [2.45, 2.75) is 25.3 Å². The topological polar surface area (TPSA) is 55.6 Å². The third kappa shape index (κ3) is 1.42. The lowest BCUT2D eigenvalue weighted by Crippen LogP contribution is -2.59. The molecular weight excluding hydrogens is 180 g/mol. The first-order valence-electron chi connectivity index (χ1n) is 5.35. The Morgan fingerprint density at radius 1 is 1.64 bits per heavy atom. The zero-order valence-electron chi connectivity index (χ0n) is 8.66. The number of ether oxygens (including phenoxy) is 1. The van der Waals surface area contributed by atoms with Crippen molar-refractivity contribution in [3.8, 4) is 0 Å². The molecule has 2 bridgehead atoms. The molecule has 0 aromatic heterocycles. The Balaban J connectivity index is 2.10. The molecule has 4 heteroatoms. The van der Waals surface area contributed by atoms with E-state index in [1.165, 1.54) is 0 Å². The van der Waals surface area contributed by atoms with Gasteiger partial charge in [-0.05, 0) is 26.3 Å². The molecule has 0 spiro atoms. The number of esters is 1. The Bertz CT molecular complexity index is 244. The van der Waals surface area contributed by atoms with Gasteiger partial charge in [-0.3, -0.25) is 4.79 Å². The lowest BCUT2D eigenvalue weighted by Gasteiger charge is -2.37. The van der Waals surface area contributed by atoms with E-state index in [0.29, 0.717) is 12.5 Å². The van der Waals surface area contributed by atoms with Crippen molar-refractivity contribution in [3.63, 3.8) is 0 Å². The molecule has 0 aromatic carbocycles. The van der Waals surface area contributed by atoms with Gasteiger partial charge in [0.05, 0.1) is 6.61 Å². The number of nitrogens with two attached hydrogens (primary N) is 1. The fourth-order valence-corrected chi connectivity index (χ4v) is 2.54. The van der Waals surface area contributed by atoms with Gasteiger partial charge in [0, 0.05) is 19.0 Å². The number of rotatable bonds is 2. The van der Waals surface area contributed by atoms with Gasteiger partial charge in [0.15, 0.2) is 0 Å². The van der Waals surface area contributed by atoms with Crippen LogP contribution in [0.5, 0.6) is 0 Å². The summed E-state index contributed by atoms with van der Waals surface area (Å²) >= 11 is 0. The minimum Gasteiger partial charge on any atom is -0.465 e. The third-order valence-electron chi connectivity index (χ3n) is 3.50. The highest BCUT2D eigenvalue weighted by Crippen LogP contribution is 2.34. The average molecular weight is 198 g/mol. The monoisotopic (exact) mass is 198 g/mol. The van der Waals surface area contributed by atoms with Crippen LogP contribution >= 0.6 is 0 Å². The van der Waals surface area contributed by atoms with Crippen molar-refractivity contribution in [1.82, 2.24) is 4.90 Å². The Morgan fingerprint density at radius 3 is 3.14 bits per heavy atom. The largest absolute Gasteiger partial charge is 0.465 e. The first-order chi connectivity index (χ1) is 6.66. The van der Waals surface area contributed by atoms with Crippen molar-refractivity contribution in [2.75, 3.05) is 26.2 Å². The number of piperidine rings is 1. The molecule has 14 heavy (non-hydrogen) atoms. The van der Waals surface area contributed by atoms with Gasteiger partial charge < -0.3 is 15.4 Å². The van der Waals surface area contributed by atoms with Crippen molar-refractivity contribution in [2.24, 2.45) is 11.7 Å². The predicted octanol–water partition coefficient (Wildman–Crippen LogP) is -0.0274. The van der Waals surface area contributed by atoms with Gasteiger partial charge in [-0.1, -0.05) is 0 Å². The van der Waals surface area contributed by atoms with Crippen molar-refractivity contribution in [3.05, 3.63) is 0 Å². The Kier molecular flexibility index (Phi) is 2.49. The van der Waals surface area contributed by atoms with Crippen molar-refractivity contribution >= 4 is 5.97 Å². The highest BCUT2D eigenvalue weighted by Gasteiger charge is 2.49. The molecule has 2 aliphatic rings. The van der Waals surface area contributed by atoms with E-state index in [0.717, 1.165) is 32.5 Å². The Morgan fingerprint density at radius 2 is 2.43 bits per heavy atom. The summed E-state index contributed by atoms with van der Waals surface area (Å²) in [6, 6.07) is 0. The maximum Gasteiger partial charge on any atom is 0.326 e. The van der Waals surface area contributed by atoms with Crippen molar-refractivity contribution in [1.29, 1.82) is 0 Å². The zero-order valence-corrected chi connectivity index (χ0v) is 8.66. The molecule has 0 radical (unpaired) electrons. The summed E-state index contributed by atoms with van der Waals surface area (Å²) in [5, 5.41) is 0. The molecule has 0 aromatic rings. The van der Waals surface area contributed by atoms with Crippen LogP contribution in [-0.4, -0.2) is 42.6 Å². The molecule has 2 fully saturated rings. The molecule has 3 atom stereocenters. The van der Waals surface area contributed by atoms with Crippen molar-refractivity contribution < 1.29 is 9.53 Å². The highest BCUT2D eigenvalue weighted by atomic mass is 16.5. The van der Waals surface area contributed by atoms with Gasteiger partial charge in [0.1, 0.15) is 5.54 Å². The zero-order chi connectivity index (χ0) is 10.2. The summed E-state index contributed by atoms with van der Waals surface area (Å²) in [7, 11) is 0. The Hall–Kier alpha value is -0.610. The molecular formula is C10H18N2O2. The van der Waals surface area contributed by atoms with Gasteiger partial charge in [0.25, 0.3) is 0 Å². The minimum absolute atomic E-state index is 0.202. The molecule has 4 nitrogen and oxygen atoms in total. The standard InChI is InChI=1S/C10H18N2O2/c1-2-14-9(13)10(11)4-6-12-5-3-8(10)7-12/h8H,2-7,11H2,1H3. The Labute approximate surface area is 84.4 Å². The summed E-state index contributed by atoms with van der Waals surface area (Å²) in [5.74, 6) is 0.0989. The molecule has 0 saturated carbocycles. The second-order valence-corrected chi connectivity index (χ2v) is 4.30.